The highest BCUT2D eigenvalue weighted by Gasteiger charge is 2.49. The third-order valence-corrected chi connectivity index (χ3v) is 5.93. The van der Waals surface area contributed by atoms with Gasteiger partial charge in [0.1, 0.15) is 10.9 Å². The summed E-state index contributed by atoms with van der Waals surface area (Å²) in [7, 11) is -4.43. The van der Waals surface area contributed by atoms with Gasteiger partial charge in [-0.15, -0.1) is 0 Å². The van der Waals surface area contributed by atoms with E-state index in [-0.39, 0.29) is 5.02 Å². The SMILES string of the molecule is N[C@]1(S(=O)(=O)c2ccc(Cl)c([N+](=O)[O-])c2)C=CC=C[C@H]1C(=O)O. The number of rotatable bonds is 4. The highest BCUT2D eigenvalue weighted by atomic mass is 35.5. The fourth-order valence-electron chi connectivity index (χ4n) is 2.17. The van der Waals surface area contributed by atoms with Crippen molar-refractivity contribution in [3.63, 3.8) is 0 Å². The second-order valence-electron chi connectivity index (χ2n) is 4.79. The van der Waals surface area contributed by atoms with Crippen molar-refractivity contribution in [1.29, 1.82) is 0 Å². The second-order valence-corrected chi connectivity index (χ2v) is 7.38. The highest BCUT2D eigenvalue weighted by Crippen LogP contribution is 2.36. The molecule has 1 aliphatic carbocycles. The van der Waals surface area contributed by atoms with E-state index in [1.165, 1.54) is 12.2 Å². The molecule has 3 N–H and O–H groups in total. The third-order valence-electron chi connectivity index (χ3n) is 3.41. The van der Waals surface area contributed by atoms with Crippen molar-refractivity contribution in [2.75, 3.05) is 0 Å². The zero-order valence-electron chi connectivity index (χ0n) is 11.4. The Morgan fingerprint density at radius 2 is 2.04 bits per heavy atom. The number of halogens is 1. The van der Waals surface area contributed by atoms with Crippen LogP contribution in [0.3, 0.4) is 0 Å². The Kier molecular flexibility index (Phi) is 4.29. The maximum Gasteiger partial charge on any atom is 0.313 e. The number of carboxylic acid groups (broad SMARTS) is 1. The van der Waals surface area contributed by atoms with Gasteiger partial charge in [-0.2, -0.15) is 0 Å². The van der Waals surface area contributed by atoms with Crippen LogP contribution in [0, 0.1) is 16.0 Å². The zero-order chi connectivity index (χ0) is 17.4. The Balaban J connectivity index is 2.64. The summed E-state index contributed by atoms with van der Waals surface area (Å²) >= 11 is 5.65. The van der Waals surface area contributed by atoms with Gasteiger partial charge in [-0.25, -0.2) is 8.42 Å². The first-order valence-electron chi connectivity index (χ1n) is 6.17. The van der Waals surface area contributed by atoms with Crippen molar-refractivity contribution in [2.24, 2.45) is 11.7 Å². The number of allylic oxidation sites excluding steroid dienone is 2. The summed E-state index contributed by atoms with van der Waals surface area (Å²) in [6.45, 7) is 0. The molecule has 0 saturated heterocycles. The summed E-state index contributed by atoms with van der Waals surface area (Å²) in [6, 6.07) is 2.86. The molecule has 2 atom stereocenters. The summed E-state index contributed by atoms with van der Waals surface area (Å²) in [4.78, 5) is 18.6. The van der Waals surface area contributed by atoms with Gasteiger partial charge in [0.05, 0.1) is 9.82 Å². The number of benzene rings is 1. The van der Waals surface area contributed by atoms with Crippen molar-refractivity contribution in [2.45, 2.75) is 9.77 Å². The number of nitrogens with zero attached hydrogens (tertiary/aromatic N) is 1. The van der Waals surface area contributed by atoms with Crippen LogP contribution < -0.4 is 5.73 Å². The number of sulfone groups is 1. The number of nitrogens with two attached hydrogens (primary N) is 1. The minimum absolute atomic E-state index is 0.242. The molecule has 0 fully saturated rings. The van der Waals surface area contributed by atoms with Crippen molar-refractivity contribution in [3.8, 4) is 0 Å². The molecule has 0 unspecified atom stereocenters. The molecule has 0 bridgehead atoms. The van der Waals surface area contributed by atoms with Crippen LogP contribution >= 0.6 is 11.6 Å². The van der Waals surface area contributed by atoms with Crippen LogP contribution in [-0.4, -0.2) is 29.3 Å². The van der Waals surface area contributed by atoms with Crippen molar-refractivity contribution in [3.05, 3.63) is 57.6 Å². The van der Waals surface area contributed by atoms with Gasteiger partial charge < -0.3 is 10.8 Å². The smallest absolute Gasteiger partial charge is 0.313 e. The van der Waals surface area contributed by atoms with E-state index in [2.05, 4.69) is 0 Å². The summed E-state index contributed by atoms with van der Waals surface area (Å²) in [5.74, 6) is -2.97. The Bertz CT molecular complexity index is 848. The maximum absolute atomic E-state index is 12.8. The number of carboxylic acids is 1. The number of carbonyl (C=O) groups is 1. The van der Waals surface area contributed by atoms with E-state index < -0.39 is 42.1 Å². The quantitative estimate of drug-likeness (QED) is 0.613. The standard InChI is InChI=1S/C13H11ClN2O6S/c14-10-5-4-8(7-11(10)16(19)20)23(21,22)13(15)6-2-1-3-9(13)12(17)18/h1-7,9H,15H2,(H,17,18)/t9-,13-/m0/s1. The number of hydrogen-bond donors (Lipinski definition) is 2. The maximum atomic E-state index is 12.8. The van der Waals surface area contributed by atoms with Gasteiger partial charge >= 0.3 is 5.97 Å². The van der Waals surface area contributed by atoms with Crippen LogP contribution in [0.2, 0.25) is 5.02 Å². The lowest BCUT2D eigenvalue weighted by Gasteiger charge is -2.31. The first-order chi connectivity index (χ1) is 10.6. The molecule has 10 heteroatoms. The van der Waals surface area contributed by atoms with Gasteiger partial charge in [-0.05, 0) is 18.2 Å². The lowest BCUT2D eigenvalue weighted by atomic mass is 9.95. The molecule has 0 heterocycles. The number of hydrogen-bond acceptors (Lipinski definition) is 6. The summed E-state index contributed by atoms with van der Waals surface area (Å²) < 4.78 is 25.5. The molecular formula is C13H11ClN2O6S. The van der Waals surface area contributed by atoms with Crippen LogP contribution in [0.25, 0.3) is 0 Å². The fraction of sp³-hybridized carbons (Fsp3) is 0.154. The van der Waals surface area contributed by atoms with Gasteiger partial charge in [0, 0.05) is 6.07 Å². The average Bonchev–Trinajstić information content (AvgIpc) is 2.47. The Labute approximate surface area is 135 Å². The molecule has 1 aromatic rings. The number of aliphatic carboxylic acids is 1. The molecule has 0 amide bonds. The van der Waals surface area contributed by atoms with Crippen LogP contribution in [0.5, 0.6) is 0 Å². The minimum Gasteiger partial charge on any atom is -0.481 e. The van der Waals surface area contributed by atoms with Crippen molar-refractivity contribution in [1.82, 2.24) is 0 Å². The monoisotopic (exact) mass is 358 g/mol. The predicted molar refractivity (Wildman–Crippen MR) is 81.6 cm³/mol. The summed E-state index contributed by atoms with van der Waals surface area (Å²) in [6.07, 6.45) is 4.86. The Morgan fingerprint density at radius 1 is 1.39 bits per heavy atom. The highest BCUT2D eigenvalue weighted by molar-refractivity contribution is 7.93. The van der Waals surface area contributed by atoms with Crippen molar-refractivity contribution < 1.29 is 23.2 Å². The second kappa shape index (κ2) is 5.76. The Hall–Kier alpha value is -2.23. The van der Waals surface area contributed by atoms with E-state index in [0.29, 0.717) is 0 Å². The van der Waals surface area contributed by atoms with E-state index in [4.69, 9.17) is 17.3 Å². The van der Waals surface area contributed by atoms with E-state index in [9.17, 15) is 28.4 Å². The topological polar surface area (TPSA) is 141 Å². The average molecular weight is 359 g/mol. The van der Waals surface area contributed by atoms with E-state index in [0.717, 1.165) is 30.4 Å². The molecule has 1 aliphatic rings. The molecule has 8 nitrogen and oxygen atoms in total. The normalized spacial score (nSPS) is 23.7. The number of nitro groups is 1. The van der Waals surface area contributed by atoms with Gasteiger partial charge in [-0.1, -0.05) is 29.8 Å². The largest absolute Gasteiger partial charge is 0.481 e. The minimum atomic E-state index is -4.43. The van der Waals surface area contributed by atoms with E-state index >= 15 is 0 Å². The molecule has 23 heavy (non-hydrogen) atoms. The summed E-state index contributed by atoms with van der Waals surface area (Å²) in [5.41, 5.74) is 5.26. The molecule has 2 rings (SSSR count). The first kappa shape index (κ1) is 17.1. The predicted octanol–water partition coefficient (Wildman–Crippen LogP) is 1.50. The van der Waals surface area contributed by atoms with Crippen LogP contribution in [0.15, 0.2) is 47.4 Å². The molecule has 0 radical (unpaired) electrons. The molecule has 122 valence electrons. The Morgan fingerprint density at radius 3 is 2.61 bits per heavy atom. The molecule has 0 aromatic heterocycles. The van der Waals surface area contributed by atoms with Gasteiger partial charge in [0.25, 0.3) is 5.69 Å². The van der Waals surface area contributed by atoms with E-state index in [1.807, 2.05) is 0 Å². The van der Waals surface area contributed by atoms with Gasteiger partial charge in [0.15, 0.2) is 4.87 Å². The first-order valence-corrected chi connectivity index (χ1v) is 8.03. The lowest BCUT2D eigenvalue weighted by molar-refractivity contribution is -0.384. The molecule has 0 aliphatic heterocycles. The molecule has 0 spiro atoms. The zero-order valence-corrected chi connectivity index (χ0v) is 13.0. The van der Waals surface area contributed by atoms with Crippen LogP contribution in [0.4, 0.5) is 5.69 Å². The van der Waals surface area contributed by atoms with Crippen LogP contribution in [0.1, 0.15) is 0 Å². The molecule has 1 aromatic carbocycles. The summed E-state index contributed by atoms with van der Waals surface area (Å²) in [5, 5.41) is 19.9. The third kappa shape index (κ3) is 2.74. The lowest BCUT2D eigenvalue weighted by Crippen LogP contribution is -2.55. The fourth-order valence-corrected chi connectivity index (χ4v) is 4.05. The van der Waals surface area contributed by atoms with E-state index in [1.54, 1.807) is 0 Å². The number of nitro benzene ring substituents is 1. The van der Waals surface area contributed by atoms with Gasteiger partial charge in [-0.3, -0.25) is 14.9 Å². The van der Waals surface area contributed by atoms with Crippen molar-refractivity contribution >= 4 is 33.1 Å². The van der Waals surface area contributed by atoms with Gasteiger partial charge in [0.2, 0.25) is 9.84 Å². The molecular weight excluding hydrogens is 348 g/mol. The van der Waals surface area contributed by atoms with Crippen LogP contribution in [-0.2, 0) is 14.6 Å². The molecule has 0 saturated carbocycles.